The first-order valence-corrected chi connectivity index (χ1v) is 5.17. The van der Waals surface area contributed by atoms with Crippen LogP contribution in [-0.4, -0.2) is 30.1 Å². The molecule has 0 radical (unpaired) electrons. The van der Waals surface area contributed by atoms with Crippen molar-refractivity contribution in [2.45, 2.75) is 19.9 Å². The minimum atomic E-state index is -0.665. The molecule has 0 bridgehead atoms. The van der Waals surface area contributed by atoms with Gasteiger partial charge in [0.25, 0.3) is 5.95 Å². The summed E-state index contributed by atoms with van der Waals surface area (Å²) >= 11 is 0. The number of pyridine rings is 1. The third kappa shape index (κ3) is 2.91. The second kappa shape index (κ2) is 5.58. The predicted octanol–water partition coefficient (Wildman–Crippen LogP) is 1.27. The molecule has 5 nitrogen and oxygen atoms in total. The molecule has 0 aromatic carbocycles. The number of hydrazine groups is 1. The van der Waals surface area contributed by atoms with Gasteiger partial charge in [-0.05, 0) is 18.6 Å². The summed E-state index contributed by atoms with van der Waals surface area (Å²) in [4.78, 5) is 14.9. The van der Waals surface area contributed by atoms with E-state index in [-0.39, 0.29) is 17.7 Å². The number of halogens is 1. The Morgan fingerprint density at radius 1 is 1.65 bits per heavy atom. The Balaban J connectivity index is 3.03. The summed E-state index contributed by atoms with van der Waals surface area (Å²) < 4.78 is 18.0. The van der Waals surface area contributed by atoms with Gasteiger partial charge in [0.1, 0.15) is 0 Å². The normalized spacial score (nSPS) is 12.1. The van der Waals surface area contributed by atoms with Gasteiger partial charge in [-0.25, -0.2) is 10.4 Å². The maximum absolute atomic E-state index is 13.1. The lowest BCUT2D eigenvalue weighted by atomic mass is 10.1. The highest BCUT2D eigenvalue weighted by molar-refractivity contribution is 5.73. The Bertz CT molecular complexity index is 412. The van der Waals surface area contributed by atoms with E-state index in [4.69, 9.17) is 4.74 Å². The number of hydrogen-bond donors (Lipinski definition) is 1. The molecule has 1 N–H and O–H groups in total. The zero-order valence-corrected chi connectivity index (χ0v) is 10.3. The number of methoxy groups -OCH3 is 1. The highest BCUT2D eigenvalue weighted by Gasteiger charge is 2.19. The SMILES string of the molecule is CNN(C(C)=O)C(C)c1cnc(F)c(OC)c1. The molecule has 0 aliphatic heterocycles. The molecule has 1 aromatic rings. The Morgan fingerprint density at radius 2 is 2.29 bits per heavy atom. The van der Waals surface area contributed by atoms with Gasteiger partial charge in [-0.15, -0.1) is 0 Å². The average molecular weight is 241 g/mol. The van der Waals surface area contributed by atoms with Crippen molar-refractivity contribution in [1.29, 1.82) is 0 Å². The Morgan fingerprint density at radius 3 is 2.76 bits per heavy atom. The number of carbonyl (C=O) groups excluding carboxylic acids is 1. The van der Waals surface area contributed by atoms with Crippen LogP contribution in [0.25, 0.3) is 0 Å². The van der Waals surface area contributed by atoms with Gasteiger partial charge in [0.2, 0.25) is 5.91 Å². The van der Waals surface area contributed by atoms with Crippen LogP contribution in [0.4, 0.5) is 4.39 Å². The van der Waals surface area contributed by atoms with Crippen LogP contribution in [-0.2, 0) is 4.79 Å². The second-order valence-corrected chi connectivity index (χ2v) is 3.55. The van der Waals surface area contributed by atoms with Gasteiger partial charge in [-0.1, -0.05) is 0 Å². The molecular weight excluding hydrogens is 225 g/mol. The standard InChI is InChI=1S/C11H16FN3O2/c1-7(15(13-3)8(2)16)9-5-10(17-4)11(12)14-6-9/h5-7,13H,1-4H3. The fourth-order valence-electron chi connectivity index (χ4n) is 1.59. The first-order valence-electron chi connectivity index (χ1n) is 5.17. The second-order valence-electron chi connectivity index (χ2n) is 3.55. The minimum absolute atomic E-state index is 0.0638. The zero-order chi connectivity index (χ0) is 13.0. The number of carbonyl (C=O) groups is 1. The number of aromatic nitrogens is 1. The van der Waals surface area contributed by atoms with E-state index < -0.39 is 5.95 Å². The fourth-order valence-corrected chi connectivity index (χ4v) is 1.59. The molecule has 1 unspecified atom stereocenters. The molecule has 1 heterocycles. The quantitative estimate of drug-likeness (QED) is 0.637. The van der Waals surface area contributed by atoms with Crippen LogP contribution < -0.4 is 10.2 Å². The van der Waals surface area contributed by atoms with Crippen molar-refractivity contribution in [3.8, 4) is 5.75 Å². The molecule has 0 aliphatic carbocycles. The van der Waals surface area contributed by atoms with E-state index in [1.807, 2.05) is 6.92 Å². The van der Waals surface area contributed by atoms with Gasteiger partial charge in [0.15, 0.2) is 5.75 Å². The van der Waals surface area contributed by atoms with Crippen LogP contribution in [0.1, 0.15) is 25.5 Å². The van der Waals surface area contributed by atoms with Crippen molar-refractivity contribution >= 4 is 5.91 Å². The lowest BCUT2D eigenvalue weighted by molar-refractivity contribution is -0.134. The average Bonchev–Trinajstić information content (AvgIpc) is 2.29. The number of nitrogens with zero attached hydrogens (tertiary/aromatic N) is 2. The van der Waals surface area contributed by atoms with Crippen molar-refractivity contribution in [1.82, 2.24) is 15.4 Å². The molecule has 94 valence electrons. The molecule has 0 aliphatic rings. The lowest BCUT2D eigenvalue weighted by Crippen LogP contribution is -2.40. The van der Waals surface area contributed by atoms with Crippen LogP contribution in [0, 0.1) is 5.95 Å². The van der Waals surface area contributed by atoms with Gasteiger partial charge in [-0.2, -0.15) is 4.39 Å². The summed E-state index contributed by atoms with van der Waals surface area (Å²) in [5.74, 6) is -0.737. The molecule has 1 aromatic heterocycles. The molecule has 0 saturated heterocycles. The monoisotopic (exact) mass is 241 g/mol. The van der Waals surface area contributed by atoms with Crippen LogP contribution in [0.2, 0.25) is 0 Å². The third-order valence-corrected chi connectivity index (χ3v) is 2.50. The summed E-state index contributed by atoms with van der Waals surface area (Å²) in [7, 11) is 3.02. The van der Waals surface area contributed by atoms with E-state index in [1.54, 1.807) is 7.05 Å². The molecule has 1 atom stereocenters. The number of amides is 1. The number of rotatable bonds is 4. The van der Waals surface area contributed by atoms with Crippen LogP contribution in [0.3, 0.4) is 0 Å². The number of nitrogens with one attached hydrogen (secondary N) is 1. The maximum atomic E-state index is 13.1. The van der Waals surface area contributed by atoms with E-state index in [1.165, 1.54) is 31.3 Å². The van der Waals surface area contributed by atoms with Crippen LogP contribution in [0.5, 0.6) is 5.75 Å². The number of hydrogen-bond acceptors (Lipinski definition) is 4. The zero-order valence-electron chi connectivity index (χ0n) is 10.3. The molecule has 0 spiro atoms. The summed E-state index contributed by atoms with van der Waals surface area (Å²) in [6.45, 7) is 3.26. The van der Waals surface area contributed by atoms with Gasteiger partial charge in [0, 0.05) is 20.2 Å². The number of ether oxygens (including phenoxy) is 1. The minimum Gasteiger partial charge on any atom is -0.492 e. The highest BCUT2D eigenvalue weighted by Crippen LogP contribution is 2.23. The lowest BCUT2D eigenvalue weighted by Gasteiger charge is -2.27. The van der Waals surface area contributed by atoms with E-state index in [0.717, 1.165) is 0 Å². The molecule has 17 heavy (non-hydrogen) atoms. The van der Waals surface area contributed by atoms with Crippen LogP contribution in [0.15, 0.2) is 12.3 Å². The van der Waals surface area contributed by atoms with E-state index in [0.29, 0.717) is 5.56 Å². The molecule has 6 heteroatoms. The predicted molar refractivity (Wildman–Crippen MR) is 60.7 cm³/mol. The van der Waals surface area contributed by atoms with Crippen molar-refractivity contribution in [2.75, 3.05) is 14.2 Å². The van der Waals surface area contributed by atoms with E-state index in [2.05, 4.69) is 10.4 Å². The third-order valence-electron chi connectivity index (χ3n) is 2.50. The summed E-state index contributed by atoms with van der Waals surface area (Å²) in [5, 5.41) is 1.42. The maximum Gasteiger partial charge on any atom is 0.255 e. The Hall–Kier alpha value is -1.69. The molecule has 1 amide bonds. The van der Waals surface area contributed by atoms with Crippen molar-refractivity contribution in [3.63, 3.8) is 0 Å². The Labute approximate surface area is 99.6 Å². The van der Waals surface area contributed by atoms with Gasteiger partial charge in [0.05, 0.1) is 13.2 Å². The fraction of sp³-hybridized carbons (Fsp3) is 0.455. The van der Waals surface area contributed by atoms with Crippen LogP contribution >= 0.6 is 0 Å². The van der Waals surface area contributed by atoms with E-state index in [9.17, 15) is 9.18 Å². The first kappa shape index (κ1) is 13.4. The van der Waals surface area contributed by atoms with E-state index >= 15 is 0 Å². The summed E-state index contributed by atoms with van der Waals surface area (Å²) in [5.41, 5.74) is 3.46. The van der Waals surface area contributed by atoms with Gasteiger partial charge < -0.3 is 4.74 Å². The smallest absolute Gasteiger partial charge is 0.255 e. The first-order chi connectivity index (χ1) is 8.01. The summed E-state index contributed by atoms with van der Waals surface area (Å²) in [6.07, 6.45) is 1.38. The summed E-state index contributed by atoms with van der Waals surface area (Å²) in [6, 6.07) is 1.26. The largest absolute Gasteiger partial charge is 0.492 e. The Kier molecular flexibility index (Phi) is 4.39. The topological polar surface area (TPSA) is 54.5 Å². The molecular formula is C11H16FN3O2. The molecule has 1 rings (SSSR count). The van der Waals surface area contributed by atoms with Gasteiger partial charge in [-0.3, -0.25) is 9.80 Å². The van der Waals surface area contributed by atoms with Crippen molar-refractivity contribution in [3.05, 3.63) is 23.8 Å². The van der Waals surface area contributed by atoms with Gasteiger partial charge >= 0.3 is 0 Å². The molecule has 0 fully saturated rings. The highest BCUT2D eigenvalue weighted by atomic mass is 19.1. The van der Waals surface area contributed by atoms with Crippen molar-refractivity contribution < 1.29 is 13.9 Å². The molecule has 0 saturated carbocycles. The van der Waals surface area contributed by atoms with Crippen molar-refractivity contribution in [2.24, 2.45) is 0 Å².